The van der Waals surface area contributed by atoms with Crippen LogP contribution >= 0.6 is 0 Å². The Morgan fingerprint density at radius 1 is 1.40 bits per heavy atom. The highest BCUT2D eigenvalue weighted by Crippen LogP contribution is 2.28. The molecule has 15 heavy (non-hydrogen) atoms. The number of aliphatic hydroxyl groups is 1. The van der Waals surface area contributed by atoms with Crippen molar-refractivity contribution in [1.29, 1.82) is 0 Å². The Balaban J connectivity index is 1.96. The predicted octanol–water partition coefficient (Wildman–Crippen LogP) is 2.99. The summed E-state index contributed by atoms with van der Waals surface area (Å²) in [6.45, 7) is 6.17. The summed E-state index contributed by atoms with van der Waals surface area (Å²) < 4.78 is 5.65. The van der Waals surface area contributed by atoms with E-state index in [2.05, 4.69) is 13.8 Å². The summed E-state index contributed by atoms with van der Waals surface area (Å²) in [5.74, 6) is 1.19. The average molecular weight is 214 g/mol. The Bertz CT molecular complexity index is 159. The van der Waals surface area contributed by atoms with Crippen LogP contribution in [-0.2, 0) is 4.74 Å². The van der Waals surface area contributed by atoms with Crippen molar-refractivity contribution < 1.29 is 9.84 Å². The molecule has 1 fully saturated rings. The molecule has 3 atom stereocenters. The maximum atomic E-state index is 9.63. The topological polar surface area (TPSA) is 29.5 Å². The number of rotatable bonds is 7. The van der Waals surface area contributed by atoms with Gasteiger partial charge in [0.25, 0.3) is 0 Å². The Kier molecular flexibility index (Phi) is 6.26. The van der Waals surface area contributed by atoms with Crippen molar-refractivity contribution in [2.75, 3.05) is 13.2 Å². The maximum absolute atomic E-state index is 9.63. The van der Waals surface area contributed by atoms with Crippen LogP contribution in [0.25, 0.3) is 0 Å². The SMILES string of the molecule is CCCC(C)COCCC1CCCC1O. The summed E-state index contributed by atoms with van der Waals surface area (Å²) in [6.07, 6.45) is 6.86. The van der Waals surface area contributed by atoms with Crippen molar-refractivity contribution in [1.82, 2.24) is 0 Å². The molecule has 1 saturated carbocycles. The van der Waals surface area contributed by atoms with E-state index in [0.29, 0.717) is 11.8 Å². The number of ether oxygens (including phenoxy) is 1. The van der Waals surface area contributed by atoms with Crippen molar-refractivity contribution in [2.24, 2.45) is 11.8 Å². The van der Waals surface area contributed by atoms with Crippen LogP contribution in [-0.4, -0.2) is 24.4 Å². The van der Waals surface area contributed by atoms with Crippen LogP contribution in [0.15, 0.2) is 0 Å². The fourth-order valence-corrected chi connectivity index (χ4v) is 2.45. The first-order valence-corrected chi connectivity index (χ1v) is 6.49. The van der Waals surface area contributed by atoms with Crippen molar-refractivity contribution in [3.8, 4) is 0 Å². The summed E-state index contributed by atoms with van der Waals surface area (Å²) in [5.41, 5.74) is 0. The van der Waals surface area contributed by atoms with Gasteiger partial charge in [-0.1, -0.05) is 26.7 Å². The summed E-state index contributed by atoms with van der Waals surface area (Å²) in [6, 6.07) is 0. The molecule has 0 amide bonds. The van der Waals surface area contributed by atoms with Crippen molar-refractivity contribution >= 4 is 0 Å². The molecule has 0 aromatic rings. The first kappa shape index (κ1) is 13.0. The van der Waals surface area contributed by atoms with Crippen LogP contribution in [0.5, 0.6) is 0 Å². The minimum Gasteiger partial charge on any atom is -0.393 e. The second-order valence-corrected chi connectivity index (χ2v) is 5.02. The fourth-order valence-electron chi connectivity index (χ4n) is 2.45. The fraction of sp³-hybridized carbons (Fsp3) is 1.00. The molecule has 90 valence electrons. The van der Waals surface area contributed by atoms with Gasteiger partial charge in [0.15, 0.2) is 0 Å². The summed E-state index contributed by atoms with van der Waals surface area (Å²) in [4.78, 5) is 0. The smallest absolute Gasteiger partial charge is 0.0569 e. The Hall–Kier alpha value is -0.0800. The molecule has 2 nitrogen and oxygen atoms in total. The molecular formula is C13H26O2. The average Bonchev–Trinajstić information content (AvgIpc) is 2.60. The van der Waals surface area contributed by atoms with Gasteiger partial charge >= 0.3 is 0 Å². The minimum absolute atomic E-state index is 0.0540. The standard InChI is InChI=1S/C13H26O2/c1-3-5-11(2)10-15-9-8-12-6-4-7-13(12)14/h11-14H,3-10H2,1-2H3. The zero-order valence-corrected chi connectivity index (χ0v) is 10.2. The van der Waals surface area contributed by atoms with Gasteiger partial charge in [0.1, 0.15) is 0 Å². The zero-order valence-electron chi connectivity index (χ0n) is 10.2. The van der Waals surface area contributed by atoms with Crippen LogP contribution < -0.4 is 0 Å². The van der Waals surface area contributed by atoms with Gasteiger partial charge in [0.05, 0.1) is 6.10 Å². The van der Waals surface area contributed by atoms with E-state index in [0.717, 1.165) is 26.1 Å². The van der Waals surface area contributed by atoms with Crippen LogP contribution in [0.4, 0.5) is 0 Å². The molecule has 1 rings (SSSR count). The third-order valence-electron chi connectivity index (χ3n) is 3.44. The Morgan fingerprint density at radius 3 is 2.80 bits per heavy atom. The quantitative estimate of drug-likeness (QED) is 0.660. The van der Waals surface area contributed by atoms with Crippen LogP contribution in [0.2, 0.25) is 0 Å². The van der Waals surface area contributed by atoms with E-state index in [9.17, 15) is 5.11 Å². The van der Waals surface area contributed by atoms with Gasteiger partial charge in [-0.3, -0.25) is 0 Å². The Morgan fingerprint density at radius 2 is 2.20 bits per heavy atom. The first-order valence-electron chi connectivity index (χ1n) is 6.49. The molecule has 0 spiro atoms. The highest BCUT2D eigenvalue weighted by molar-refractivity contribution is 4.76. The van der Waals surface area contributed by atoms with Gasteiger partial charge < -0.3 is 9.84 Å². The molecule has 0 aromatic heterocycles. The predicted molar refractivity (Wildman–Crippen MR) is 62.9 cm³/mol. The van der Waals surface area contributed by atoms with E-state index in [1.165, 1.54) is 25.7 Å². The molecular weight excluding hydrogens is 188 g/mol. The van der Waals surface area contributed by atoms with E-state index >= 15 is 0 Å². The van der Waals surface area contributed by atoms with Crippen LogP contribution in [0.3, 0.4) is 0 Å². The number of hydrogen-bond donors (Lipinski definition) is 1. The molecule has 0 radical (unpaired) electrons. The summed E-state index contributed by atoms with van der Waals surface area (Å²) >= 11 is 0. The highest BCUT2D eigenvalue weighted by atomic mass is 16.5. The number of hydrogen-bond acceptors (Lipinski definition) is 2. The molecule has 2 heteroatoms. The van der Waals surface area contributed by atoms with E-state index in [4.69, 9.17) is 4.74 Å². The summed E-state index contributed by atoms with van der Waals surface area (Å²) in [7, 11) is 0. The van der Waals surface area contributed by atoms with Crippen molar-refractivity contribution in [2.45, 2.75) is 58.5 Å². The van der Waals surface area contributed by atoms with Gasteiger partial charge in [0, 0.05) is 13.2 Å². The van der Waals surface area contributed by atoms with Crippen LogP contribution in [0.1, 0.15) is 52.4 Å². The molecule has 0 aliphatic heterocycles. The molecule has 1 N–H and O–H groups in total. The second-order valence-electron chi connectivity index (χ2n) is 5.02. The monoisotopic (exact) mass is 214 g/mol. The molecule has 0 bridgehead atoms. The lowest BCUT2D eigenvalue weighted by molar-refractivity contribution is 0.0658. The third kappa shape index (κ3) is 4.98. The lowest BCUT2D eigenvalue weighted by Gasteiger charge is -2.15. The minimum atomic E-state index is -0.0540. The van der Waals surface area contributed by atoms with Crippen LogP contribution in [0, 0.1) is 11.8 Å². The molecule has 0 aromatic carbocycles. The summed E-state index contributed by atoms with van der Waals surface area (Å²) in [5, 5.41) is 9.63. The molecule has 3 unspecified atom stereocenters. The first-order chi connectivity index (χ1) is 7.24. The largest absolute Gasteiger partial charge is 0.393 e. The maximum Gasteiger partial charge on any atom is 0.0569 e. The van der Waals surface area contributed by atoms with Gasteiger partial charge in [-0.25, -0.2) is 0 Å². The second kappa shape index (κ2) is 7.24. The van der Waals surface area contributed by atoms with Gasteiger partial charge in [-0.2, -0.15) is 0 Å². The van der Waals surface area contributed by atoms with Crippen molar-refractivity contribution in [3.05, 3.63) is 0 Å². The molecule has 1 aliphatic carbocycles. The van der Waals surface area contributed by atoms with E-state index < -0.39 is 0 Å². The van der Waals surface area contributed by atoms with Crippen molar-refractivity contribution in [3.63, 3.8) is 0 Å². The Labute approximate surface area is 94.0 Å². The van der Waals surface area contributed by atoms with E-state index in [1.807, 2.05) is 0 Å². The van der Waals surface area contributed by atoms with Gasteiger partial charge in [-0.15, -0.1) is 0 Å². The van der Waals surface area contributed by atoms with Gasteiger partial charge in [-0.05, 0) is 37.5 Å². The third-order valence-corrected chi connectivity index (χ3v) is 3.44. The highest BCUT2D eigenvalue weighted by Gasteiger charge is 2.24. The number of aliphatic hydroxyl groups excluding tert-OH is 1. The van der Waals surface area contributed by atoms with E-state index in [1.54, 1.807) is 0 Å². The molecule has 0 saturated heterocycles. The normalized spacial score (nSPS) is 28.2. The lowest BCUT2D eigenvalue weighted by Crippen LogP contribution is -2.16. The zero-order chi connectivity index (χ0) is 11.1. The van der Waals surface area contributed by atoms with Gasteiger partial charge in [0.2, 0.25) is 0 Å². The lowest BCUT2D eigenvalue weighted by atomic mass is 10.0. The molecule has 0 heterocycles. The molecule has 1 aliphatic rings. The van der Waals surface area contributed by atoms with E-state index in [-0.39, 0.29) is 6.10 Å².